The second kappa shape index (κ2) is 25.6. The Kier molecular flexibility index (Phi) is 20.8. The van der Waals surface area contributed by atoms with E-state index in [2.05, 4.69) is 45.4 Å². The van der Waals surface area contributed by atoms with Gasteiger partial charge < -0.3 is 56.9 Å². The van der Waals surface area contributed by atoms with Crippen molar-refractivity contribution in [1.82, 2.24) is 36.5 Å². The monoisotopic (exact) mass is 1060 g/mol. The first-order valence-corrected chi connectivity index (χ1v) is 27.7. The maximum atomic E-state index is 14.7. The van der Waals surface area contributed by atoms with E-state index in [0.717, 1.165) is 16.7 Å². The summed E-state index contributed by atoms with van der Waals surface area (Å²) in [5, 5.41) is 56.8. The van der Waals surface area contributed by atoms with Crippen LogP contribution in [0.5, 0.6) is 0 Å². The molecule has 1 unspecified atom stereocenters. The highest BCUT2D eigenvalue weighted by Gasteiger charge is 2.44. The van der Waals surface area contributed by atoms with E-state index in [-0.39, 0.29) is 48.0 Å². The average Bonchev–Trinajstić information content (AvgIpc) is 3.88. The number of aromatic nitrogens is 1. The quantitative estimate of drug-likeness (QED) is 0.0880. The van der Waals surface area contributed by atoms with Crippen LogP contribution in [-0.4, -0.2) is 168 Å². The van der Waals surface area contributed by atoms with Crippen LogP contribution in [0.1, 0.15) is 104 Å². The number of amides is 6. The number of carbonyl (C=O) groups excluding carboxylic acids is 9. The molecule has 3 aliphatic rings. The van der Waals surface area contributed by atoms with Crippen LogP contribution in [-0.2, 0) is 56.0 Å². The Labute approximate surface area is 431 Å². The molecule has 20 nitrogen and oxygen atoms in total. The van der Waals surface area contributed by atoms with Crippen molar-refractivity contribution >= 4 is 97.0 Å². The summed E-state index contributed by atoms with van der Waals surface area (Å²) in [6, 6.07) is -1.41. The van der Waals surface area contributed by atoms with Crippen LogP contribution >= 0.6 is 33.3 Å². The summed E-state index contributed by atoms with van der Waals surface area (Å²) in [7, 11) is 4.93. The molecule has 0 radical (unpaired) electrons. The Bertz CT molecular complexity index is 2360. The van der Waals surface area contributed by atoms with Gasteiger partial charge in [0, 0.05) is 91.6 Å². The fourth-order valence-electron chi connectivity index (χ4n) is 8.85. The van der Waals surface area contributed by atoms with Crippen molar-refractivity contribution in [3.05, 3.63) is 29.3 Å². The summed E-state index contributed by atoms with van der Waals surface area (Å²) in [6.45, 7) is 8.33. The second-order valence-corrected chi connectivity index (χ2v) is 24.4. The smallest absolute Gasteiger partial charge is 0.246 e. The minimum Gasteiger partial charge on any atom is -0.393 e. The number of nitrogens with zero attached hydrogens (tertiary/aromatic N) is 1. The first-order valence-electron chi connectivity index (χ1n) is 24.4. The Hall–Kier alpha value is -4.52. The summed E-state index contributed by atoms with van der Waals surface area (Å²) in [6.07, 6.45) is -2.44. The third kappa shape index (κ3) is 16.0. The second-order valence-electron chi connectivity index (χ2n) is 20.2. The molecule has 398 valence electrons. The lowest BCUT2D eigenvalue weighted by atomic mass is 9.89. The molecule has 0 spiro atoms. The van der Waals surface area contributed by atoms with Gasteiger partial charge >= 0.3 is 0 Å². The van der Waals surface area contributed by atoms with E-state index in [4.69, 9.17) is 0 Å². The van der Waals surface area contributed by atoms with E-state index in [1.165, 1.54) is 27.7 Å². The Morgan fingerprint density at radius 3 is 2.26 bits per heavy atom. The predicted molar refractivity (Wildman–Crippen MR) is 274 cm³/mol. The molecule has 23 heteroatoms. The van der Waals surface area contributed by atoms with Crippen LogP contribution in [0.3, 0.4) is 0 Å². The first-order chi connectivity index (χ1) is 33.8. The van der Waals surface area contributed by atoms with E-state index in [9.17, 15) is 63.6 Å². The van der Waals surface area contributed by atoms with Gasteiger partial charge in [0.05, 0.1) is 47.4 Å². The molecule has 10 atom stereocenters. The fraction of sp³-hybridized carbons (Fsp3) is 0.653. The number of fused-ring (bicyclic) bond motifs is 5. The molecule has 1 saturated heterocycles. The molecular formula is C49H71N7O13S3. The summed E-state index contributed by atoms with van der Waals surface area (Å²) in [5.41, 5.74) is -0.195. The third-order valence-corrected chi connectivity index (χ3v) is 17.9. The van der Waals surface area contributed by atoms with Crippen LogP contribution in [0.25, 0.3) is 10.9 Å². The lowest BCUT2D eigenvalue weighted by molar-refractivity contribution is -0.143. The van der Waals surface area contributed by atoms with Crippen molar-refractivity contribution < 1.29 is 63.6 Å². The largest absolute Gasteiger partial charge is 0.393 e. The number of benzene rings is 1. The molecule has 5 rings (SSSR count). The lowest BCUT2D eigenvalue weighted by Crippen LogP contribution is -2.57. The summed E-state index contributed by atoms with van der Waals surface area (Å²) >= 11 is 1.08. The number of aliphatic hydroxyl groups is 4. The molecule has 3 aliphatic heterocycles. The van der Waals surface area contributed by atoms with Crippen LogP contribution in [0.4, 0.5) is 0 Å². The van der Waals surface area contributed by atoms with Gasteiger partial charge in [-0.1, -0.05) is 27.7 Å². The molecule has 1 fully saturated rings. The van der Waals surface area contributed by atoms with Crippen LogP contribution in [0.2, 0.25) is 0 Å². The number of hydrogen-bond donors (Lipinski definition) is 10. The highest BCUT2D eigenvalue weighted by atomic mass is 33.1. The zero-order valence-corrected chi connectivity index (χ0v) is 44.4. The molecule has 0 aliphatic carbocycles. The minimum absolute atomic E-state index is 0.0138. The number of rotatable bonds is 15. The predicted octanol–water partition coefficient (Wildman–Crippen LogP) is 1.01. The van der Waals surface area contributed by atoms with Gasteiger partial charge in [0.2, 0.25) is 35.4 Å². The molecule has 10 N–H and O–H groups in total. The molecular weight excluding hydrogens is 991 g/mol. The number of H-pyrrole nitrogens is 1. The van der Waals surface area contributed by atoms with Crippen LogP contribution in [0.15, 0.2) is 23.2 Å². The van der Waals surface area contributed by atoms with E-state index in [1.54, 1.807) is 40.8 Å². The summed E-state index contributed by atoms with van der Waals surface area (Å²) in [5.74, 6) is -7.67. The van der Waals surface area contributed by atoms with Gasteiger partial charge in [-0.2, -0.15) is 0 Å². The number of carbonyl (C=O) groups is 9. The van der Waals surface area contributed by atoms with E-state index in [0.29, 0.717) is 58.5 Å². The summed E-state index contributed by atoms with van der Waals surface area (Å²) < 4.78 is -0.144. The first kappa shape index (κ1) is 58.4. The molecule has 4 heterocycles. The van der Waals surface area contributed by atoms with Crippen molar-refractivity contribution in [3.8, 4) is 0 Å². The molecule has 2 aromatic rings. The van der Waals surface area contributed by atoms with Gasteiger partial charge in [0.1, 0.15) is 23.9 Å². The topological polar surface area (TPSA) is 314 Å². The molecule has 6 amide bonds. The SMILES string of the molecule is CNC(=O)CCC(C)(C)SSCCCC(=O)Cc1ccc2[nH]c3c(c2c1)C[C@@H]1CC(=O)[C@H](C)NC(=O)[C@@H]2C[C@@H](O)CN2C(=O)[C@@H](CS3)NC(=O)[C@@H](C(C)O)CC(=O)[C@H](C)NC(=O)[C@H](C[C@@](C)(O)CO)NC1=O. The molecule has 2 bridgehead atoms. The molecule has 1 aromatic heterocycles. The van der Waals surface area contributed by atoms with Gasteiger partial charge in [-0.3, -0.25) is 43.2 Å². The number of nitrogens with one attached hydrogen (secondary N) is 6. The van der Waals surface area contributed by atoms with Crippen molar-refractivity contribution in [2.45, 2.75) is 164 Å². The number of thioether (sulfide) groups is 1. The van der Waals surface area contributed by atoms with E-state index < -0.39 is 127 Å². The highest BCUT2D eigenvalue weighted by molar-refractivity contribution is 8.77. The van der Waals surface area contributed by atoms with E-state index >= 15 is 0 Å². The van der Waals surface area contributed by atoms with Gasteiger partial charge in [0.25, 0.3) is 0 Å². The van der Waals surface area contributed by atoms with E-state index in [1.807, 2.05) is 6.07 Å². The van der Waals surface area contributed by atoms with Gasteiger partial charge in [0.15, 0.2) is 11.6 Å². The molecule has 1 aromatic carbocycles. The molecule has 72 heavy (non-hydrogen) atoms. The van der Waals surface area contributed by atoms with Gasteiger partial charge in [-0.25, -0.2) is 0 Å². The zero-order valence-electron chi connectivity index (χ0n) is 42.0. The maximum Gasteiger partial charge on any atom is 0.246 e. The van der Waals surface area contributed by atoms with Gasteiger partial charge in [-0.05, 0) is 84.1 Å². The highest BCUT2D eigenvalue weighted by Crippen LogP contribution is 2.39. The normalized spacial score (nSPS) is 26.7. The Balaban J connectivity index is 1.58. The number of aromatic amines is 1. The average molecular weight is 1060 g/mol. The van der Waals surface area contributed by atoms with Crippen molar-refractivity contribution in [2.24, 2.45) is 11.8 Å². The lowest BCUT2D eigenvalue weighted by Gasteiger charge is -2.30. The van der Waals surface area contributed by atoms with Crippen molar-refractivity contribution in [1.29, 1.82) is 0 Å². The number of ketones is 3. The maximum absolute atomic E-state index is 14.7. The number of Topliss-reactive ketones (excluding diaryl/α,β-unsaturated/α-hetero) is 3. The Morgan fingerprint density at radius 1 is 0.917 bits per heavy atom. The number of hydrogen-bond acceptors (Lipinski definition) is 16. The summed E-state index contributed by atoms with van der Waals surface area (Å²) in [4.78, 5) is 129. The van der Waals surface area contributed by atoms with Gasteiger partial charge in [-0.15, -0.1) is 11.8 Å². The zero-order chi connectivity index (χ0) is 53.2. The standard InChI is InChI=1S/C49H71N7O13S3/c1-25-39(61)18-29-17-34-33-16-28(15-30(59)9-8-14-71-72-48(4,5)13-12-41(63)50-7)10-11-35(33)55-46(34)70-23-37(47(68)56-22-31(60)19-38(56)45(67)52-25)54-43(65)32(27(3)58)20-40(62)26(2)51-44(66)36(53-42(29)64)21-49(6,69)24-57/h10-11,16,25-27,29,31-32,36-38,55,57-58,60,69H,8-9,12-15,17-24H2,1-7H3,(H,50,63)(H,51,66)(H,52,67)(H,53,64)(H,54,65)/t25-,26-,27?,29+,31+,32+,36-,37+,38-,49+/m0/s1. The van der Waals surface area contributed by atoms with Crippen molar-refractivity contribution in [3.63, 3.8) is 0 Å². The minimum atomic E-state index is -1.92. The van der Waals surface area contributed by atoms with Crippen LogP contribution in [0, 0.1) is 11.8 Å². The third-order valence-electron chi connectivity index (χ3n) is 13.3. The Morgan fingerprint density at radius 2 is 1.60 bits per heavy atom. The molecule has 0 saturated carbocycles. The van der Waals surface area contributed by atoms with Crippen molar-refractivity contribution in [2.75, 3.05) is 31.7 Å². The van der Waals surface area contributed by atoms with Crippen LogP contribution < -0.4 is 26.6 Å². The fourth-order valence-corrected chi connectivity index (χ4v) is 12.6. The number of aliphatic hydroxyl groups excluding tert-OH is 3.